The number of methoxy groups -OCH3 is 1. The molecule has 0 saturated carbocycles. The van der Waals surface area contributed by atoms with E-state index in [1.807, 2.05) is 76.9 Å². The lowest BCUT2D eigenvalue weighted by atomic mass is 10.2. The first-order chi connectivity index (χ1) is 20.4. The third kappa shape index (κ3) is 5.24. The molecule has 0 saturated heterocycles. The summed E-state index contributed by atoms with van der Waals surface area (Å²) < 4.78 is 9.13. The highest BCUT2D eigenvalue weighted by Gasteiger charge is 2.19. The summed E-state index contributed by atoms with van der Waals surface area (Å²) >= 11 is 0. The van der Waals surface area contributed by atoms with Gasteiger partial charge in [-0.15, -0.1) is 0 Å². The average molecular weight is 563 g/mol. The zero-order valence-electron chi connectivity index (χ0n) is 22.9. The van der Waals surface area contributed by atoms with Gasteiger partial charge in [-0.1, -0.05) is 18.2 Å². The van der Waals surface area contributed by atoms with E-state index in [4.69, 9.17) is 24.8 Å². The number of carbonyl (C=O) groups excluding carboxylic acids is 1. The minimum Gasteiger partial charge on any atom is -0.497 e. The minimum atomic E-state index is -1.04. The number of hydrogen-bond acceptors (Lipinski definition) is 8. The van der Waals surface area contributed by atoms with Crippen LogP contribution in [0.1, 0.15) is 24.1 Å². The first-order valence-electron chi connectivity index (χ1n) is 13.2. The molecule has 0 spiro atoms. The van der Waals surface area contributed by atoms with Crippen LogP contribution in [0.25, 0.3) is 39.4 Å². The quantitative estimate of drug-likeness (QED) is 0.261. The van der Waals surface area contributed by atoms with Crippen LogP contribution < -0.4 is 10.1 Å². The van der Waals surface area contributed by atoms with Gasteiger partial charge in [-0.25, -0.2) is 24.9 Å². The molecule has 12 heteroatoms. The Balaban J connectivity index is 1.46. The standard InChI is InChI=1S/C30H26N8O4/c1-18-4-3-5-22(33-18)28-35-29-26(32-17-37(29)16-19-6-8-20(42-2)9-7-19)30(36-28)38-15-13-21-23(38)12-14-31-27(21)34-24(39)10-11-25(40)41/h3-9,12-15,17H,10-11,16H2,1-2H3,(H,40,41)(H,31,34,39). The Hall–Kier alpha value is -5.65. The fourth-order valence-electron chi connectivity index (χ4n) is 4.69. The third-order valence-electron chi connectivity index (χ3n) is 6.74. The van der Waals surface area contributed by atoms with Crippen LogP contribution in [0.15, 0.2) is 73.3 Å². The molecule has 0 radical (unpaired) electrons. The number of rotatable bonds is 9. The molecule has 0 bridgehead atoms. The largest absolute Gasteiger partial charge is 0.497 e. The molecule has 0 atom stereocenters. The van der Waals surface area contributed by atoms with Gasteiger partial charge >= 0.3 is 5.97 Å². The molecule has 42 heavy (non-hydrogen) atoms. The van der Waals surface area contributed by atoms with Crippen LogP contribution in [0.5, 0.6) is 5.75 Å². The molecule has 0 aliphatic carbocycles. The smallest absolute Gasteiger partial charge is 0.303 e. The monoisotopic (exact) mass is 562 g/mol. The van der Waals surface area contributed by atoms with E-state index in [0.717, 1.165) is 22.5 Å². The number of aromatic nitrogens is 7. The molecule has 1 amide bonds. The van der Waals surface area contributed by atoms with Gasteiger partial charge < -0.3 is 19.7 Å². The molecule has 12 nitrogen and oxygen atoms in total. The van der Waals surface area contributed by atoms with Gasteiger partial charge in [0.15, 0.2) is 22.8 Å². The van der Waals surface area contributed by atoms with E-state index in [1.165, 1.54) is 0 Å². The van der Waals surface area contributed by atoms with Crippen molar-refractivity contribution in [1.29, 1.82) is 0 Å². The molecule has 0 aliphatic heterocycles. The number of carboxylic acids is 1. The number of anilines is 1. The second-order valence-electron chi connectivity index (χ2n) is 9.65. The van der Waals surface area contributed by atoms with Crippen molar-refractivity contribution >= 4 is 39.8 Å². The maximum atomic E-state index is 12.4. The van der Waals surface area contributed by atoms with Gasteiger partial charge in [0.05, 0.1) is 31.9 Å². The second-order valence-corrected chi connectivity index (χ2v) is 9.65. The maximum Gasteiger partial charge on any atom is 0.303 e. The summed E-state index contributed by atoms with van der Waals surface area (Å²) in [4.78, 5) is 46.7. The Morgan fingerprint density at radius 1 is 0.976 bits per heavy atom. The zero-order valence-corrected chi connectivity index (χ0v) is 22.9. The van der Waals surface area contributed by atoms with E-state index in [0.29, 0.717) is 46.2 Å². The van der Waals surface area contributed by atoms with Gasteiger partial charge in [0.2, 0.25) is 5.91 Å². The molecule has 1 aromatic carbocycles. The molecular formula is C30H26N8O4. The van der Waals surface area contributed by atoms with Crippen LogP contribution in [0.2, 0.25) is 0 Å². The van der Waals surface area contributed by atoms with Crippen LogP contribution in [-0.2, 0) is 16.1 Å². The number of fused-ring (bicyclic) bond motifs is 2. The second kappa shape index (κ2) is 11.1. The highest BCUT2D eigenvalue weighted by Crippen LogP contribution is 2.29. The third-order valence-corrected chi connectivity index (χ3v) is 6.74. The number of hydrogen-bond donors (Lipinski definition) is 2. The van der Waals surface area contributed by atoms with E-state index in [9.17, 15) is 9.59 Å². The van der Waals surface area contributed by atoms with Gasteiger partial charge in [0.25, 0.3) is 0 Å². The number of imidazole rings is 1. The number of ether oxygens (including phenoxy) is 1. The van der Waals surface area contributed by atoms with Crippen molar-refractivity contribution in [3.8, 4) is 23.1 Å². The fourth-order valence-corrected chi connectivity index (χ4v) is 4.69. The molecule has 0 unspecified atom stereocenters. The van der Waals surface area contributed by atoms with Crippen LogP contribution >= 0.6 is 0 Å². The summed E-state index contributed by atoms with van der Waals surface area (Å²) in [6.45, 7) is 2.44. The van der Waals surface area contributed by atoms with Crippen molar-refractivity contribution in [3.63, 3.8) is 0 Å². The van der Waals surface area contributed by atoms with Crippen molar-refractivity contribution in [3.05, 3.63) is 84.6 Å². The first-order valence-corrected chi connectivity index (χ1v) is 13.2. The van der Waals surface area contributed by atoms with Gasteiger partial charge in [0, 0.05) is 29.9 Å². The van der Waals surface area contributed by atoms with Crippen molar-refractivity contribution < 1.29 is 19.4 Å². The zero-order chi connectivity index (χ0) is 29.2. The van der Waals surface area contributed by atoms with Gasteiger partial charge in [-0.3, -0.25) is 14.2 Å². The molecule has 6 rings (SSSR count). The lowest BCUT2D eigenvalue weighted by Gasteiger charge is -2.11. The average Bonchev–Trinajstić information content (AvgIpc) is 3.61. The number of aliphatic carboxylic acids is 1. The summed E-state index contributed by atoms with van der Waals surface area (Å²) in [7, 11) is 1.63. The fraction of sp³-hybridized carbons (Fsp3) is 0.167. The van der Waals surface area contributed by atoms with Gasteiger partial charge in [0.1, 0.15) is 17.3 Å². The van der Waals surface area contributed by atoms with Crippen molar-refractivity contribution in [2.24, 2.45) is 0 Å². The summed E-state index contributed by atoms with van der Waals surface area (Å²) in [5.41, 5.74) is 4.45. The first kappa shape index (κ1) is 26.6. The van der Waals surface area contributed by atoms with E-state index >= 15 is 0 Å². The number of nitrogens with zero attached hydrogens (tertiary/aromatic N) is 7. The highest BCUT2D eigenvalue weighted by atomic mass is 16.5. The van der Waals surface area contributed by atoms with Crippen molar-refractivity contribution in [1.82, 2.24) is 34.1 Å². The minimum absolute atomic E-state index is 0.154. The molecule has 210 valence electrons. The highest BCUT2D eigenvalue weighted by molar-refractivity contribution is 6.01. The molecule has 0 aliphatic rings. The Morgan fingerprint density at radius 3 is 2.57 bits per heavy atom. The van der Waals surface area contributed by atoms with Crippen molar-refractivity contribution in [2.75, 3.05) is 12.4 Å². The number of benzene rings is 1. The van der Waals surface area contributed by atoms with E-state index in [1.54, 1.807) is 19.6 Å². The number of amides is 1. The SMILES string of the molecule is COc1ccc(Cn2cnc3c(-n4ccc5c(NC(=O)CCC(=O)O)nccc54)nc(-c4cccc(C)n4)nc32)cc1. The van der Waals surface area contributed by atoms with Gasteiger partial charge in [-0.05, 0) is 48.9 Å². The Morgan fingerprint density at radius 2 is 1.81 bits per heavy atom. The summed E-state index contributed by atoms with van der Waals surface area (Å²) in [6.07, 6.45) is 4.73. The number of carbonyl (C=O) groups is 2. The molecular weight excluding hydrogens is 536 g/mol. The van der Waals surface area contributed by atoms with Gasteiger partial charge in [-0.2, -0.15) is 0 Å². The maximum absolute atomic E-state index is 12.4. The lowest BCUT2D eigenvalue weighted by Crippen LogP contribution is -2.14. The van der Waals surface area contributed by atoms with Crippen molar-refractivity contribution in [2.45, 2.75) is 26.3 Å². The summed E-state index contributed by atoms with van der Waals surface area (Å²) in [5.74, 6) is 0.614. The molecule has 5 aromatic heterocycles. The Kier molecular flexibility index (Phi) is 7.01. The van der Waals surface area contributed by atoms with Crippen LogP contribution in [0.4, 0.5) is 5.82 Å². The lowest BCUT2D eigenvalue weighted by molar-refractivity contribution is -0.138. The number of carboxylic acid groups (broad SMARTS) is 1. The summed E-state index contributed by atoms with van der Waals surface area (Å²) in [6, 6.07) is 17.1. The van der Waals surface area contributed by atoms with E-state index < -0.39 is 11.9 Å². The predicted molar refractivity (Wildman–Crippen MR) is 156 cm³/mol. The van der Waals surface area contributed by atoms with Crippen LogP contribution in [-0.4, -0.2) is 58.1 Å². The Bertz CT molecular complexity index is 1950. The molecule has 5 heterocycles. The van der Waals surface area contributed by atoms with Crippen LogP contribution in [0.3, 0.4) is 0 Å². The predicted octanol–water partition coefficient (Wildman–Crippen LogP) is 4.40. The number of nitrogens with one attached hydrogen (secondary N) is 1. The molecule has 0 fully saturated rings. The van der Waals surface area contributed by atoms with E-state index in [-0.39, 0.29) is 12.8 Å². The van der Waals surface area contributed by atoms with Crippen LogP contribution in [0, 0.1) is 6.92 Å². The van der Waals surface area contributed by atoms with E-state index in [2.05, 4.69) is 15.3 Å². The molecule has 6 aromatic rings. The normalized spacial score (nSPS) is 11.2. The topological polar surface area (TPSA) is 150 Å². The Labute approximate surface area is 239 Å². The molecule has 2 N–H and O–H groups in total. The summed E-state index contributed by atoms with van der Waals surface area (Å²) in [5, 5.41) is 12.3. The number of aryl methyl sites for hydroxylation is 1. The number of pyridine rings is 2.